The molecule has 3 aromatic rings. The zero-order valence-corrected chi connectivity index (χ0v) is 18.8. The number of hydrogen-bond acceptors (Lipinski definition) is 6. The van der Waals surface area contributed by atoms with E-state index in [4.69, 9.17) is 9.68 Å². The lowest BCUT2D eigenvalue weighted by Gasteiger charge is -2.31. The third kappa shape index (κ3) is 4.17. The Bertz CT molecular complexity index is 1300. The first-order valence-electron chi connectivity index (χ1n) is 9.68. The molecule has 0 saturated heterocycles. The number of likely N-dealkylation sites (N-methyl/N-ethyl adjacent to an activating group) is 1. The molecule has 0 aliphatic heterocycles. The molecule has 1 aromatic heterocycles. The van der Waals surface area contributed by atoms with Gasteiger partial charge in [-0.2, -0.15) is 9.57 Å². The molecule has 0 radical (unpaired) electrons. The van der Waals surface area contributed by atoms with Crippen molar-refractivity contribution in [1.82, 2.24) is 14.5 Å². The zero-order valence-electron chi connectivity index (χ0n) is 18.0. The molecule has 0 aliphatic carbocycles. The van der Waals surface area contributed by atoms with E-state index in [1.165, 1.54) is 35.6 Å². The van der Waals surface area contributed by atoms with Gasteiger partial charge in [-0.15, -0.1) is 5.10 Å². The zero-order chi connectivity index (χ0) is 22.9. The predicted molar refractivity (Wildman–Crippen MR) is 115 cm³/mol. The van der Waals surface area contributed by atoms with Crippen LogP contribution in [0.5, 0.6) is 0 Å². The highest BCUT2D eigenvalue weighted by Crippen LogP contribution is 2.39. The molecule has 0 amide bonds. The van der Waals surface area contributed by atoms with E-state index in [0.717, 1.165) is 22.3 Å². The molecular formula is C22H24N4O4S. The summed E-state index contributed by atoms with van der Waals surface area (Å²) in [4.78, 5) is 11.7. The van der Waals surface area contributed by atoms with E-state index in [1.54, 1.807) is 0 Å². The Hall–Kier alpha value is -3.22. The van der Waals surface area contributed by atoms with E-state index in [-0.39, 0.29) is 16.7 Å². The van der Waals surface area contributed by atoms with Crippen molar-refractivity contribution < 1.29 is 12.8 Å². The molecule has 0 spiro atoms. The number of aromatic nitrogens is 2. The van der Waals surface area contributed by atoms with Crippen LogP contribution in [-0.2, 0) is 10.0 Å². The van der Waals surface area contributed by atoms with Crippen LogP contribution >= 0.6 is 0 Å². The maximum atomic E-state index is 13.4. The number of aryl methyl sites for hydroxylation is 2. The minimum atomic E-state index is -3.98. The normalized spacial score (nSPS) is 13.7. The van der Waals surface area contributed by atoms with Gasteiger partial charge in [0.15, 0.2) is 0 Å². The highest BCUT2D eigenvalue weighted by molar-refractivity contribution is 7.89. The van der Waals surface area contributed by atoms with Gasteiger partial charge < -0.3 is 4.42 Å². The average Bonchev–Trinajstić information content (AvgIpc) is 3.16. The van der Waals surface area contributed by atoms with Crippen molar-refractivity contribution in [3.05, 3.63) is 80.7 Å². The molecule has 2 aromatic carbocycles. The van der Waals surface area contributed by atoms with Crippen LogP contribution in [0, 0.1) is 32.1 Å². The maximum absolute atomic E-state index is 13.4. The fraction of sp³-hybridized carbons (Fsp3) is 0.318. The quantitative estimate of drug-likeness (QED) is 0.628. The smallest absolute Gasteiger partial charge is 0.391 e. The molecule has 0 saturated carbocycles. The fourth-order valence-corrected chi connectivity index (χ4v) is 5.29. The van der Waals surface area contributed by atoms with E-state index in [1.807, 2.05) is 45.9 Å². The van der Waals surface area contributed by atoms with Crippen molar-refractivity contribution in [2.75, 3.05) is 7.05 Å². The number of benzene rings is 2. The number of aromatic amines is 1. The number of nitrogens with one attached hydrogen (secondary N) is 1. The number of sulfonamides is 1. The second-order valence-corrected chi connectivity index (χ2v) is 9.58. The van der Waals surface area contributed by atoms with Crippen molar-refractivity contribution in [1.29, 1.82) is 5.26 Å². The molecule has 9 heteroatoms. The van der Waals surface area contributed by atoms with Crippen LogP contribution in [0.1, 0.15) is 52.6 Å². The molecule has 8 nitrogen and oxygen atoms in total. The molecule has 3 rings (SSSR count). The Morgan fingerprint density at radius 2 is 1.71 bits per heavy atom. The van der Waals surface area contributed by atoms with Gasteiger partial charge in [-0.25, -0.2) is 18.3 Å². The molecule has 0 aliphatic rings. The van der Waals surface area contributed by atoms with E-state index >= 15 is 0 Å². The summed E-state index contributed by atoms with van der Waals surface area (Å²) in [5.74, 6) is -1.14. The summed E-state index contributed by atoms with van der Waals surface area (Å²) in [5.41, 5.74) is 4.45. The Labute approximate surface area is 181 Å². The number of hydrogen-bond donors (Lipinski definition) is 1. The predicted octanol–water partition coefficient (Wildman–Crippen LogP) is 3.33. The molecule has 0 bridgehead atoms. The topological polar surface area (TPSA) is 120 Å². The van der Waals surface area contributed by atoms with Gasteiger partial charge in [0.25, 0.3) is 0 Å². The molecule has 1 heterocycles. The SMILES string of the molecule is Cc1ccc(C)c([C@@H](C)[C@@H](c2n[nH]c(=O)o2)N(C)S(=O)(=O)c2ccc(C#N)cc2)c1C. The van der Waals surface area contributed by atoms with Gasteiger partial charge in [0.05, 0.1) is 16.5 Å². The lowest BCUT2D eigenvalue weighted by atomic mass is 9.85. The van der Waals surface area contributed by atoms with E-state index in [9.17, 15) is 13.2 Å². The van der Waals surface area contributed by atoms with Gasteiger partial charge in [-0.05, 0) is 67.3 Å². The summed E-state index contributed by atoms with van der Waals surface area (Å²) in [7, 11) is -2.55. The minimum absolute atomic E-state index is 0.0162. The Morgan fingerprint density at radius 3 is 2.26 bits per heavy atom. The Kier molecular flexibility index (Phi) is 6.15. The maximum Gasteiger partial charge on any atom is 0.434 e. The lowest BCUT2D eigenvalue weighted by Crippen LogP contribution is -2.35. The average molecular weight is 441 g/mol. The number of rotatable bonds is 6. The first kappa shape index (κ1) is 22.5. The van der Waals surface area contributed by atoms with Crippen molar-refractivity contribution in [3.63, 3.8) is 0 Å². The van der Waals surface area contributed by atoms with Gasteiger partial charge in [0.1, 0.15) is 6.04 Å². The van der Waals surface area contributed by atoms with Gasteiger partial charge in [-0.1, -0.05) is 19.1 Å². The van der Waals surface area contributed by atoms with Crippen LogP contribution in [0.25, 0.3) is 0 Å². The summed E-state index contributed by atoms with van der Waals surface area (Å²) >= 11 is 0. The molecule has 1 N–H and O–H groups in total. The largest absolute Gasteiger partial charge is 0.434 e. The fourth-order valence-electron chi connectivity index (χ4n) is 3.90. The van der Waals surface area contributed by atoms with Gasteiger partial charge in [0, 0.05) is 13.0 Å². The van der Waals surface area contributed by atoms with Gasteiger partial charge in [0.2, 0.25) is 15.9 Å². The molecule has 31 heavy (non-hydrogen) atoms. The molecule has 2 atom stereocenters. The van der Waals surface area contributed by atoms with Crippen molar-refractivity contribution in [3.8, 4) is 6.07 Å². The number of nitriles is 1. The van der Waals surface area contributed by atoms with Crippen LogP contribution in [0.4, 0.5) is 0 Å². The van der Waals surface area contributed by atoms with Crippen LogP contribution in [0.2, 0.25) is 0 Å². The second-order valence-electron chi connectivity index (χ2n) is 7.58. The van der Waals surface area contributed by atoms with Crippen LogP contribution in [0.15, 0.2) is 50.5 Å². The van der Waals surface area contributed by atoms with Crippen LogP contribution in [-0.4, -0.2) is 30.0 Å². The van der Waals surface area contributed by atoms with E-state index in [0.29, 0.717) is 5.56 Å². The van der Waals surface area contributed by atoms with Crippen molar-refractivity contribution in [2.45, 2.75) is 44.6 Å². The highest BCUT2D eigenvalue weighted by Gasteiger charge is 2.38. The summed E-state index contributed by atoms with van der Waals surface area (Å²) < 4.78 is 33.2. The van der Waals surface area contributed by atoms with Crippen molar-refractivity contribution in [2.24, 2.45) is 0 Å². The minimum Gasteiger partial charge on any atom is -0.391 e. The molecule has 0 fully saturated rings. The van der Waals surface area contributed by atoms with Crippen LogP contribution < -0.4 is 5.76 Å². The summed E-state index contributed by atoms with van der Waals surface area (Å²) in [6.45, 7) is 7.83. The van der Waals surface area contributed by atoms with Gasteiger partial charge in [-0.3, -0.25) is 0 Å². The number of H-pyrrole nitrogens is 1. The first-order chi connectivity index (χ1) is 14.6. The first-order valence-corrected chi connectivity index (χ1v) is 11.1. The standard InChI is InChI=1S/C22H24N4O4S/c1-13-6-7-14(2)19(15(13)3)16(4)20(21-24-25-22(27)30-21)26(5)31(28,29)18-10-8-17(12-23)9-11-18/h6-11,16,20H,1-5H3,(H,25,27)/t16-,20+/m1/s1. The second kappa shape index (κ2) is 8.49. The van der Waals surface area contributed by atoms with Gasteiger partial charge >= 0.3 is 5.76 Å². The monoisotopic (exact) mass is 440 g/mol. The summed E-state index contributed by atoms with van der Waals surface area (Å²) in [6, 6.07) is 10.8. The summed E-state index contributed by atoms with van der Waals surface area (Å²) in [5, 5.41) is 15.2. The third-order valence-electron chi connectivity index (χ3n) is 5.69. The molecule has 0 unspecified atom stereocenters. The summed E-state index contributed by atoms with van der Waals surface area (Å²) in [6.07, 6.45) is 0. The number of nitrogens with zero attached hydrogens (tertiary/aromatic N) is 3. The van der Waals surface area contributed by atoms with Crippen molar-refractivity contribution >= 4 is 10.0 Å². The lowest BCUT2D eigenvalue weighted by molar-refractivity contribution is 0.272. The highest BCUT2D eigenvalue weighted by atomic mass is 32.2. The Morgan fingerprint density at radius 1 is 1.10 bits per heavy atom. The molecule has 162 valence electrons. The Balaban J connectivity index is 2.15. The van der Waals surface area contributed by atoms with E-state index < -0.39 is 21.8 Å². The molecular weight excluding hydrogens is 416 g/mol. The third-order valence-corrected chi connectivity index (χ3v) is 7.55. The van der Waals surface area contributed by atoms with Crippen LogP contribution in [0.3, 0.4) is 0 Å². The van der Waals surface area contributed by atoms with E-state index in [2.05, 4.69) is 10.2 Å².